The van der Waals surface area contributed by atoms with Gasteiger partial charge in [0.15, 0.2) is 0 Å². The number of nitrogens with zero attached hydrogens (tertiary/aromatic N) is 2. The SMILES string of the molecule is CN=C(C)c1cc(Oc2ccc(NS(=O)(=O)c3ccc(C(C)(C)C)cc3)cc2)ccn1. The minimum atomic E-state index is -3.68. The number of anilines is 1. The van der Waals surface area contributed by atoms with Crippen molar-refractivity contribution in [3.05, 3.63) is 78.1 Å². The van der Waals surface area contributed by atoms with E-state index in [0.29, 0.717) is 17.2 Å². The standard InChI is InChI=1S/C24H27N3O3S/c1-17(25-5)23-16-21(14-15-26-23)30-20-10-8-19(9-11-20)27-31(28,29)22-12-6-18(7-13-22)24(2,3)4/h6-16,27H,1-5H3. The number of hydrogen-bond acceptors (Lipinski definition) is 5. The summed E-state index contributed by atoms with van der Waals surface area (Å²) in [6.45, 7) is 8.14. The summed E-state index contributed by atoms with van der Waals surface area (Å²) in [6, 6.07) is 17.3. The first-order valence-electron chi connectivity index (χ1n) is 9.89. The van der Waals surface area contributed by atoms with Gasteiger partial charge in [-0.15, -0.1) is 0 Å². The van der Waals surface area contributed by atoms with Crippen molar-refractivity contribution in [3.63, 3.8) is 0 Å². The lowest BCUT2D eigenvalue weighted by atomic mass is 9.87. The highest BCUT2D eigenvalue weighted by Gasteiger charge is 2.17. The van der Waals surface area contributed by atoms with E-state index in [1.165, 1.54) is 0 Å². The normalized spacial score (nSPS) is 12.5. The van der Waals surface area contributed by atoms with Crippen LogP contribution in [0.1, 0.15) is 39.0 Å². The van der Waals surface area contributed by atoms with Gasteiger partial charge in [-0.3, -0.25) is 14.7 Å². The van der Waals surface area contributed by atoms with E-state index in [1.807, 2.05) is 19.1 Å². The zero-order chi connectivity index (χ0) is 22.6. The Morgan fingerprint density at radius 3 is 2.19 bits per heavy atom. The van der Waals surface area contributed by atoms with Gasteiger partial charge in [-0.25, -0.2) is 8.42 Å². The summed E-state index contributed by atoms with van der Waals surface area (Å²) < 4.78 is 33.9. The van der Waals surface area contributed by atoms with Crippen LogP contribution in [0.2, 0.25) is 0 Å². The van der Waals surface area contributed by atoms with Gasteiger partial charge in [-0.2, -0.15) is 0 Å². The van der Waals surface area contributed by atoms with Gasteiger partial charge in [0, 0.05) is 25.0 Å². The quantitative estimate of drug-likeness (QED) is 0.523. The summed E-state index contributed by atoms with van der Waals surface area (Å²) in [5.74, 6) is 1.21. The lowest BCUT2D eigenvalue weighted by Crippen LogP contribution is -2.14. The molecule has 6 nitrogen and oxygen atoms in total. The molecule has 0 amide bonds. The van der Waals surface area contributed by atoms with Crippen molar-refractivity contribution < 1.29 is 13.2 Å². The number of aliphatic imine (C=N–C) groups is 1. The summed E-state index contributed by atoms with van der Waals surface area (Å²) in [4.78, 5) is 8.61. The number of nitrogens with one attached hydrogen (secondary N) is 1. The number of pyridine rings is 1. The highest BCUT2D eigenvalue weighted by molar-refractivity contribution is 7.92. The van der Waals surface area contributed by atoms with E-state index in [9.17, 15) is 8.42 Å². The molecule has 2 aromatic carbocycles. The molecule has 3 rings (SSSR count). The minimum Gasteiger partial charge on any atom is -0.457 e. The van der Waals surface area contributed by atoms with E-state index in [-0.39, 0.29) is 10.3 Å². The van der Waals surface area contributed by atoms with E-state index in [2.05, 4.69) is 35.5 Å². The molecule has 0 saturated carbocycles. The smallest absolute Gasteiger partial charge is 0.261 e. The monoisotopic (exact) mass is 437 g/mol. The molecule has 0 unspecified atom stereocenters. The molecule has 1 heterocycles. The van der Waals surface area contributed by atoms with Gasteiger partial charge in [0.2, 0.25) is 0 Å². The van der Waals surface area contributed by atoms with E-state index in [1.54, 1.807) is 61.8 Å². The molecule has 162 valence electrons. The van der Waals surface area contributed by atoms with Crippen LogP contribution in [0.3, 0.4) is 0 Å². The first-order chi connectivity index (χ1) is 14.6. The summed E-state index contributed by atoms with van der Waals surface area (Å²) in [5, 5.41) is 0. The second kappa shape index (κ2) is 8.89. The Labute approximate surface area is 184 Å². The molecule has 1 aromatic heterocycles. The molecule has 0 aliphatic carbocycles. The fraction of sp³-hybridized carbons (Fsp3) is 0.250. The van der Waals surface area contributed by atoms with Crippen molar-refractivity contribution >= 4 is 21.4 Å². The zero-order valence-corrected chi connectivity index (χ0v) is 19.2. The largest absolute Gasteiger partial charge is 0.457 e. The van der Waals surface area contributed by atoms with Crippen LogP contribution in [0.25, 0.3) is 0 Å². The third kappa shape index (κ3) is 5.70. The van der Waals surface area contributed by atoms with Crippen molar-refractivity contribution in [2.75, 3.05) is 11.8 Å². The van der Waals surface area contributed by atoms with E-state index in [4.69, 9.17) is 4.74 Å². The van der Waals surface area contributed by atoms with Gasteiger partial charge in [-0.05, 0) is 60.4 Å². The summed E-state index contributed by atoms with van der Waals surface area (Å²) in [6.07, 6.45) is 1.66. The third-order valence-electron chi connectivity index (χ3n) is 4.81. The fourth-order valence-corrected chi connectivity index (χ4v) is 3.92. The highest BCUT2D eigenvalue weighted by atomic mass is 32.2. The number of aromatic nitrogens is 1. The molecule has 0 spiro atoms. The first-order valence-corrected chi connectivity index (χ1v) is 11.4. The van der Waals surface area contributed by atoms with Crippen LogP contribution < -0.4 is 9.46 Å². The predicted octanol–water partition coefficient (Wildman–Crippen LogP) is 5.41. The average molecular weight is 438 g/mol. The van der Waals surface area contributed by atoms with Crippen molar-refractivity contribution in [2.24, 2.45) is 4.99 Å². The molecular weight excluding hydrogens is 410 g/mol. The molecule has 0 radical (unpaired) electrons. The Balaban J connectivity index is 1.72. The molecule has 7 heteroatoms. The Morgan fingerprint density at radius 1 is 0.968 bits per heavy atom. The molecule has 0 atom stereocenters. The van der Waals surface area contributed by atoms with Gasteiger partial charge >= 0.3 is 0 Å². The van der Waals surface area contributed by atoms with E-state index >= 15 is 0 Å². The van der Waals surface area contributed by atoms with Crippen molar-refractivity contribution in [1.82, 2.24) is 4.98 Å². The Hall–Kier alpha value is -3.19. The molecule has 3 aromatic rings. The summed E-state index contributed by atoms with van der Waals surface area (Å²) >= 11 is 0. The first kappa shape index (κ1) is 22.5. The van der Waals surface area contributed by atoms with Gasteiger partial charge < -0.3 is 4.74 Å². The summed E-state index contributed by atoms with van der Waals surface area (Å²) in [7, 11) is -1.97. The van der Waals surface area contributed by atoms with E-state index < -0.39 is 10.0 Å². The van der Waals surface area contributed by atoms with Crippen LogP contribution in [-0.2, 0) is 15.4 Å². The molecule has 0 aliphatic heterocycles. The highest BCUT2D eigenvalue weighted by Crippen LogP contribution is 2.26. The lowest BCUT2D eigenvalue weighted by molar-refractivity contribution is 0.482. The predicted molar refractivity (Wildman–Crippen MR) is 125 cm³/mol. The van der Waals surface area contributed by atoms with Gasteiger partial charge in [0.05, 0.1) is 16.3 Å². The molecular formula is C24H27N3O3S. The Morgan fingerprint density at radius 2 is 1.61 bits per heavy atom. The maximum Gasteiger partial charge on any atom is 0.261 e. The van der Waals surface area contributed by atoms with Crippen LogP contribution in [0.4, 0.5) is 5.69 Å². The molecule has 0 saturated heterocycles. The van der Waals surface area contributed by atoms with Crippen molar-refractivity contribution in [2.45, 2.75) is 38.0 Å². The van der Waals surface area contributed by atoms with Crippen molar-refractivity contribution in [1.29, 1.82) is 0 Å². The van der Waals surface area contributed by atoms with Gasteiger partial charge in [-0.1, -0.05) is 32.9 Å². The molecule has 0 fully saturated rings. The second-order valence-corrected chi connectivity index (χ2v) is 9.87. The van der Waals surface area contributed by atoms with Crippen LogP contribution in [-0.4, -0.2) is 26.2 Å². The molecule has 0 aliphatic rings. The van der Waals surface area contributed by atoms with Crippen LogP contribution in [0.15, 0.2) is 76.7 Å². The minimum absolute atomic E-state index is 0.0385. The summed E-state index contributed by atoms with van der Waals surface area (Å²) in [5.41, 5.74) is 3.04. The number of sulfonamides is 1. The Kier molecular flexibility index (Phi) is 6.45. The van der Waals surface area contributed by atoms with Crippen LogP contribution in [0.5, 0.6) is 11.5 Å². The number of ether oxygens (including phenoxy) is 1. The van der Waals surface area contributed by atoms with Crippen LogP contribution >= 0.6 is 0 Å². The second-order valence-electron chi connectivity index (χ2n) is 8.19. The topological polar surface area (TPSA) is 80.6 Å². The fourth-order valence-electron chi connectivity index (χ4n) is 2.86. The Bertz CT molecular complexity index is 1180. The van der Waals surface area contributed by atoms with E-state index in [0.717, 1.165) is 17.0 Å². The maximum atomic E-state index is 12.7. The van der Waals surface area contributed by atoms with Gasteiger partial charge in [0.1, 0.15) is 11.5 Å². The molecule has 0 bridgehead atoms. The lowest BCUT2D eigenvalue weighted by Gasteiger charge is -2.19. The number of rotatable bonds is 6. The zero-order valence-electron chi connectivity index (χ0n) is 18.4. The third-order valence-corrected chi connectivity index (χ3v) is 6.21. The molecule has 31 heavy (non-hydrogen) atoms. The van der Waals surface area contributed by atoms with Gasteiger partial charge in [0.25, 0.3) is 10.0 Å². The maximum absolute atomic E-state index is 12.7. The average Bonchev–Trinajstić information content (AvgIpc) is 2.74. The number of hydrogen-bond donors (Lipinski definition) is 1. The van der Waals surface area contributed by atoms with Crippen molar-refractivity contribution in [3.8, 4) is 11.5 Å². The molecule has 1 N–H and O–H groups in total. The number of benzene rings is 2. The van der Waals surface area contributed by atoms with Crippen LogP contribution in [0, 0.1) is 0 Å².